The number of para-hydroxylation sites is 1. The third-order valence-corrected chi connectivity index (χ3v) is 7.57. The Labute approximate surface area is 194 Å². The van der Waals surface area contributed by atoms with E-state index in [0.717, 1.165) is 4.90 Å². The molecule has 0 aliphatic carbocycles. The summed E-state index contributed by atoms with van der Waals surface area (Å²) in [6, 6.07) is 17.6. The molecule has 32 heavy (non-hydrogen) atoms. The van der Waals surface area contributed by atoms with E-state index in [0.29, 0.717) is 16.9 Å². The fraction of sp³-hybridized carbons (Fsp3) is 0.0909. The molecule has 0 aromatic heterocycles. The Bertz CT molecular complexity index is 1310. The van der Waals surface area contributed by atoms with Crippen molar-refractivity contribution in [1.29, 1.82) is 0 Å². The van der Waals surface area contributed by atoms with Gasteiger partial charge in [-0.1, -0.05) is 29.8 Å². The molecule has 0 radical (unpaired) electrons. The number of carbonyl (C=O) groups excluding carboxylic acids is 2. The van der Waals surface area contributed by atoms with E-state index in [1.807, 2.05) is 6.92 Å². The number of benzene rings is 3. The summed E-state index contributed by atoms with van der Waals surface area (Å²) in [6.07, 6.45) is 0. The van der Waals surface area contributed by atoms with Gasteiger partial charge in [-0.05, 0) is 55.5 Å². The van der Waals surface area contributed by atoms with E-state index in [4.69, 9.17) is 11.6 Å². The van der Waals surface area contributed by atoms with Crippen molar-refractivity contribution >= 4 is 62.3 Å². The van der Waals surface area contributed by atoms with Gasteiger partial charge in [0.05, 0.1) is 26.5 Å². The normalized spacial score (nSPS) is 15.4. The van der Waals surface area contributed by atoms with Crippen molar-refractivity contribution in [2.45, 2.75) is 22.0 Å². The van der Waals surface area contributed by atoms with Crippen LogP contribution < -0.4 is 15.4 Å². The summed E-state index contributed by atoms with van der Waals surface area (Å²) in [7, 11) is -3.84. The number of anilines is 3. The fourth-order valence-electron chi connectivity index (χ4n) is 3.03. The number of rotatable bonds is 5. The fourth-order valence-corrected chi connectivity index (χ4v) is 5.34. The average molecular weight is 488 g/mol. The molecule has 3 aromatic carbocycles. The Morgan fingerprint density at radius 3 is 2.53 bits per heavy atom. The first kappa shape index (κ1) is 22.2. The number of sulfonamides is 1. The quantitative estimate of drug-likeness (QED) is 0.478. The van der Waals surface area contributed by atoms with Crippen molar-refractivity contribution in [2.24, 2.45) is 0 Å². The maximum atomic E-state index is 12.7. The van der Waals surface area contributed by atoms with Gasteiger partial charge in [0.1, 0.15) is 0 Å². The van der Waals surface area contributed by atoms with Gasteiger partial charge < -0.3 is 10.6 Å². The summed E-state index contributed by atoms with van der Waals surface area (Å²) in [6.45, 7) is 1.81. The molecule has 1 atom stereocenters. The maximum Gasteiger partial charge on any atom is 0.261 e. The number of fused-ring (bicyclic) bond motifs is 1. The molecule has 4 rings (SSSR count). The molecule has 1 heterocycles. The Morgan fingerprint density at radius 2 is 1.81 bits per heavy atom. The minimum Gasteiger partial charge on any atom is -0.324 e. The van der Waals surface area contributed by atoms with E-state index in [9.17, 15) is 18.0 Å². The lowest BCUT2D eigenvalue weighted by atomic mass is 10.1. The number of hydrogen-bond donors (Lipinski definition) is 3. The van der Waals surface area contributed by atoms with Crippen LogP contribution in [-0.2, 0) is 14.8 Å². The van der Waals surface area contributed by atoms with Gasteiger partial charge in [-0.3, -0.25) is 14.3 Å². The number of amides is 2. The van der Waals surface area contributed by atoms with Gasteiger partial charge in [0.2, 0.25) is 5.91 Å². The molecule has 0 bridgehead atoms. The summed E-state index contributed by atoms with van der Waals surface area (Å²) < 4.78 is 27.7. The first-order chi connectivity index (χ1) is 15.2. The zero-order valence-corrected chi connectivity index (χ0v) is 19.1. The van der Waals surface area contributed by atoms with E-state index in [2.05, 4.69) is 15.4 Å². The molecule has 164 valence electrons. The maximum absolute atomic E-state index is 12.7. The Morgan fingerprint density at radius 1 is 1.06 bits per heavy atom. The third-order valence-electron chi connectivity index (χ3n) is 4.70. The number of hydrogen-bond acceptors (Lipinski definition) is 5. The molecular weight excluding hydrogens is 470 g/mol. The lowest BCUT2D eigenvalue weighted by molar-refractivity contribution is -0.115. The van der Waals surface area contributed by atoms with Crippen molar-refractivity contribution in [2.75, 3.05) is 15.4 Å². The summed E-state index contributed by atoms with van der Waals surface area (Å²) in [5, 5.41) is 5.33. The molecule has 10 heteroatoms. The lowest BCUT2D eigenvalue weighted by Gasteiger charge is -2.21. The average Bonchev–Trinajstić information content (AvgIpc) is 2.76. The van der Waals surface area contributed by atoms with Gasteiger partial charge in [0.25, 0.3) is 15.9 Å². The Hall–Kier alpha value is -3.01. The smallest absolute Gasteiger partial charge is 0.261 e. The van der Waals surface area contributed by atoms with Crippen LogP contribution in [0.3, 0.4) is 0 Å². The van der Waals surface area contributed by atoms with Gasteiger partial charge in [-0.15, -0.1) is 11.8 Å². The van der Waals surface area contributed by atoms with Gasteiger partial charge in [-0.25, -0.2) is 8.42 Å². The number of halogens is 1. The third kappa shape index (κ3) is 4.74. The first-order valence-corrected chi connectivity index (χ1v) is 12.3. The summed E-state index contributed by atoms with van der Waals surface area (Å²) in [5.41, 5.74) is 1.59. The van der Waals surface area contributed by atoms with Crippen LogP contribution in [-0.4, -0.2) is 25.5 Å². The van der Waals surface area contributed by atoms with E-state index in [1.165, 1.54) is 30.0 Å². The van der Waals surface area contributed by atoms with Gasteiger partial charge in [0.15, 0.2) is 0 Å². The van der Waals surface area contributed by atoms with E-state index in [1.54, 1.807) is 48.5 Å². The van der Waals surface area contributed by atoms with E-state index in [-0.39, 0.29) is 26.8 Å². The van der Waals surface area contributed by atoms with Crippen molar-refractivity contribution in [3.63, 3.8) is 0 Å². The molecule has 0 fully saturated rings. The largest absolute Gasteiger partial charge is 0.324 e. The van der Waals surface area contributed by atoms with Crippen LogP contribution in [0.5, 0.6) is 0 Å². The number of thioether (sulfide) groups is 1. The zero-order chi connectivity index (χ0) is 22.9. The molecule has 3 aromatic rings. The van der Waals surface area contributed by atoms with Crippen LogP contribution in [0.1, 0.15) is 17.3 Å². The SMILES string of the molecule is CC1Sc2ccc(C(=O)Nc3ccc(S(=O)(=O)Nc4ccccc4)cc3Cl)cc2NC1=O. The molecule has 0 saturated heterocycles. The predicted octanol–water partition coefficient (Wildman–Crippen LogP) is 4.83. The molecule has 0 spiro atoms. The van der Waals surface area contributed by atoms with Crippen molar-refractivity contribution in [1.82, 2.24) is 0 Å². The second-order valence-corrected chi connectivity index (χ2v) is 10.5. The summed E-state index contributed by atoms with van der Waals surface area (Å²) >= 11 is 7.68. The van der Waals surface area contributed by atoms with E-state index >= 15 is 0 Å². The Balaban J connectivity index is 1.51. The standard InChI is InChI=1S/C22H18ClN3O4S2/c1-13-21(27)25-19-11-14(7-10-20(19)31-13)22(28)24-18-9-8-16(12-17(18)23)32(29,30)26-15-5-3-2-4-6-15/h2-13,26H,1H3,(H,24,28)(H,25,27). The second kappa shape index (κ2) is 8.85. The van der Waals surface area contributed by atoms with E-state index < -0.39 is 15.9 Å². The molecule has 0 saturated carbocycles. The van der Waals surface area contributed by atoms with Crippen molar-refractivity contribution < 1.29 is 18.0 Å². The number of carbonyl (C=O) groups is 2. The van der Waals surface area contributed by atoms with Crippen LogP contribution in [0, 0.1) is 0 Å². The molecule has 7 nitrogen and oxygen atoms in total. The van der Waals surface area contributed by atoms with Crippen LogP contribution in [0.25, 0.3) is 0 Å². The van der Waals surface area contributed by atoms with Crippen molar-refractivity contribution in [3.8, 4) is 0 Å². The van der Waals surface area contributed by atoms with Gasteiger partial charge >= 0.3 is 0 Å². The minimum atomic E-state index is -3.84. The molecule has 1 unspecified atom stereocenters. The first-order valence-electron chi connectivity index (χ1n) is 9.53. The highest BCUT2D eigenvalue weighted by Crippen LogP contribution is 2.36. The highest BCUT2D eigenvalue weighted by atomic mass is 35.5. The predicted molar refractivity (Wildman–Crippen MR) is 127 cm³/mol. The summed E-state index contributed by atoms with van der Waals surface area (Å²) in [5.74, 6) is -0.561. The van der Waals surface area contributed by atoms with Crippen LogP contribution in [0.2, 0.25) is 5.02 Å². The van der Waals surface area contributed by atoms with Crippen LogP contribution in [0.4, 0.5) is 17.1 Å². The Kier molecular flexibility index (Phi) is 6.14. The second-order valence-electron chi connectivity index (χ2n) is 7.03. The monoisotopic (exact) mass is 487 g/mol. The molecule has 3 N–H and O–H groups in total. The molecule has 2 amide bonds. The van der Waals surface area contributed by atoms with Crippen molar-refractivity contribution in [3.05, 3.63) is 77.3 Å². The highest BCUT2D eigenvalue weighted by molar-refractivity contribution is 8.01. The zero-order valence-electron chi connectivity index (χ0n) is 16.8. The van der Waals surface area contributed by atoms with Gasteiger partial charge in [0, 0.05) is 16.1 Å². The highest BCUT2D eigenvalue weighted by Gasteiger charge is 2.24. The lowest BCUT2D eigenvalue weighted by Crippen LogP contribution is -2.26. The van der Waals surface area contributed by atoms with Gasteiger partial charge in [-0.2, -0.15) is 0 Å². The van der Waals surface area contributed by atoms with Crippen LogP contribution >= 0.6 is 23.4 Å². The molecule has 1 aliphatic heterocycles. The molecule has 1 aliphatic rings. The molecular formula is C22H18ClN3O4S2. The summed E-state index contributed by atoms with van der Waals surface area (Å²) in [4.78, 5) is 25.4. The minimum absolute atomic E-state index is 0.0352. The topological polar surface area (TPSA) is 104 Å². The van der Waals surface area contributed by atoms with Crippen LogP contribution in [0.15, 0.2) is 76.5 Å². The number of nitrogens with one attached hydrogen (secondary N) is 3.